The monoisotopic (exact) mass is 394 g/mol. The van der Waals surface area contributed by atoms with Gasteiger partial charge in [-0.25, -0.2) is 9.97 Å². The average molecular weight is 394 g/mol. The maximum absolute atomic E-state index is 12.5. The Morgan fingerprint density at radius 2 is 1.37 bits per heavy atom. The molecule has 0 aliphatic carbocycles. The van der Waals surface area contributed by atoms with Crippen molar-refractivity contribution in [3.05, 3.63) is 96.6 Å². The van der Waals surface area contributed by atoms with Crippen molar-refractivity contribution in [2.75, 3.05) is 17.2 Å². The van der Waals surface area contributed by atoms with Crippen LogP contribution in [0.2, 0.25) is 0 Å². The highest BCUT2D eigenvalue weighted by Crippen LogP contribution is 2.25. The molecule has 0 aliphatic rings. The fraction of sp³-hybridized carbons (Fsp3) is 0.0800. The van der Waals surface area contributed by atoms with Crippen LogP contribution in [-0.2, 0) is 4.79 Å². The van der Waals surface area contributed by atoms with Crippen molar-refractivity contribution in [2.45, 2.75) is 6.92 Å². The third-order valence-corrected chi connectivity index (χ3v) is 4.59. The van der Waals surface area contributed by atoms with Crippen LogP contribution in [0.15, 0.2) is 91.0 Å². The van der Waals surface area contributed by atoms with Gasteiger partial charge in [0.2, 0.25) is 11.9 Å². The van der Waals surface area contributed by atoms with Crippen molar-refractivity contribution in [1.29, 1.82) is 0 Å². The van der Waals surface area contributed by atoms with Crippen molar-refractivity contribution in [2.24, 2.45) is 0 Å². The zero-order valence-corrected chi connectivity index (χ0v) is 16.7. The zero-order chi connectivity index (χ0) is 20.8. The first-order chi connectivity index (χ1) is 14.7. The highest BCUT2D eigenvalue weighted by molar-refractivity contribution is 5.92. The lowest BCUT2D eigenvalue weighted by atomic mass is 10.1. The smallest absolute Gasteiger partial charge is 0.246 e. The summed E-state index contributed by atoms with van der Waals surface area (Å²) in [5.41, 5.74) is 5.47. The molecule has 30 heavy (non-hydrogen) atoms. The summed E-state index contributed by atoms with van der Waals surface area (Å²) >= 11 is 0. The molecule has 3 aromatic carbocycles. The Kier molecular flexibility index (Phi) is 5.80. The van der Waals surface area contributed by atoms with Crippen molar-refractivity contribution in [3.8, 4) is 22.5 Å². The lowest BCUT2D eigenvalue weighted by molar-refractivity contribution is -0.114. The highest BCUT2D eigenvalue weighted by Gasteiger charge is 2.11. The summed E-state index contributed by atoms with van der Waals surface area (Å²) in [6.07, 6.45) is 0. The first-order valence-corrected chi connectivity index (χ1v) is 9.78. The Balaban J connectivity index is 1.58. The summed E-state index contributed by atoms with van der Waals surface area (Å²) < 4.78 is 0. The van der Waals surface area contributed by atoms with Gasteiger partial charge in [-0.1, -0.05) is 72.8 Å². The minimum atomic E-state index is -0.208. The van der Waals surface area contributed by atoms with E-state index in [4.69, 9.17) is 0 Å². The molecule has 0 bridgehead atoms. The Hall–Kier alpha value is -3.99. The van der Waals surface area contributed by atoms with Crippen molar-refractivity contribution in [1.82, 2.24) is 9.97 Å². The number of benzene rings is 3. The summed E-state index contributed by atoms with van der Waals surface area (Å²) in [4.78, 5) is 21.6. The molecule has 5 heteroatoms. The van der Waals surface area contributed by atoms with Crippen molar-refractivity contribution >= 4 is 17.5 Å². The quantitative estimate of drug-likeness (QED) is 0.473. The molecular weight excluding hydrogens is 372 g/mol. The average Bonchev–Trinajstić information content (AvgIpc) is 2.79. The minimum absolute atomic E-state index is 0.128. The van der Waals surface area contributed by atoms with Crippen LogP contribution in [0.3, 0.4) is 0 Å². The van der Waals surface area contributed by atoms with E-state index in [0.29, 0.717) is 0 Å². The van der Waals surface area contributed by atoms with Crippen molar-refractivity contribution < 1.29 is 4.79 Å². The van der Waals surface area contributed by atoms with Gasteiger partial charge < -0.3 is 5.32 Å². The number of nitrogens with zero attached hydrogens (tertiary/aromatic N) is 2. The molecule has 1 amide bonds. The normalized spacial score (nSPS) is 10.4. The number of hydrogen-bond acceptors (Lipinski definition) is 4. The second-order valence-electron chi connectivity index (χ2n) is 6.97. The molecule has 0 aliphatic heterocycles. The van der Waals surface area contributed by atoms with Crippen LogP contribution in [0.1, 0.15) is 5.56 Å². The van der Waals surface area contributed by atoms with E-state index in [0.717, 1.165) is 33.8 Å². The fourth-order valence-electron chi connectivity index (χ4n) is 3.12. The number of anilines is 2. The molecule has 148 valence electrons. The first-order valence-electron chi connectivity index (χ1n) is 9.78. The van der Waals surface area contributed by atoms with Crippen molar-refractivity contribution in [3.63, 3.8) is 0 Å². The molecule has 0 fully saturated rings. The molecule has 0 spiro atoms. The van der Waals surface area contributed by atoms with Crippen LogP contribution in [-0.4, -0.2) is 22.4 Å². The van der Waals surface area contributed by atoms with E-state index in [1.165, 1.54) is 0 Å². The SMILES string of the molecule is Cc1cccc(NCC(=O)Nc2nc(-c3ccccc3)cc(-c3ccccc3)n2)c1. The van der Waals surface area contributed by atoms with E-state index in [2.05, 4.69) is 20.6 Å². The summed E-state index contributed by atoms with van der Waals surface area (Å²) in [6.45, 7) is 2.14. The maximum Gasteiger partial charge on any atom is 0.246 e. The maximum atomic E-state index is 12.5. The van der Waals surface area contributed by atoms with Gasteiger partial charge in [-0.15, -0.1) is 0 Å². The molecule has 2 N–H and O–H groups in total. The first kappa shape index (κ1) is 19.3. The van der Waals surface area contributed by atoms with Gasteiger partial charge in [-0.2, -0.15) is 0 Å². The Morgan fingerprint density at radius 3 is 1.93 bits per heavy atom. The van der Waals surface area contributed by atoms with E-state index in [1.807, 2.05) is 97.9 Å². The number of carbonyl (C=O) groups excluding carboxylic acids is 1. The van der Waals surface area contributed by atoms with Crippen LogP contribution in [0, 0.1) is 6.92 Å². The summed E-state index contributed by atoms with van der Waals surface area (Å²) in [6, 6.07) is 29.5. The molecule has 0 unspecified atom stereocenters. The van der Waals surface area contributed by atoms with Crippen LogP contribution in [0.5, 0.6) is 0 Å². The molecule has 0 atom stereocenters. The van der Waals surface area contributed by atoms with E-state index in [9.17, 15) is 4.79 Å². The van der Waals surface area contributed by atoms with E-state index >= 15 is 0 Å². The predicted molar refractivity (Wildman–Crippen MR) is 121 cm³/mol. The van der Waals surface area contributed by atoms with Crippen LogP contribution in [0.4, 0.5) is 11.6 Å². The van der Waals surface area contributed by atoms with Crippen LogP contribution in [0.25, 0.3) is 22.5 Å². The molecule has 1 aromatic heterocycles. The zero-order valence-electron chi connectivity index (χ0n) is 16.7. The number of nitrogens with one attached hydrogen (secondary N) is 2. The largest absolute Gasteiger partial charge is 0.376 e. The number of aromatic nitrogens is 2. The van der Waals surface area contributed by atoms with E-state index in [1.54, 1.807) is 0 Å². The van der Waals surface area contributed by atoms with Gasteiger partial charge in [0.1, 0.15) is 0 Å². The topological polar surface area (TPSA) is 66.9 Å². The van der Waals surface area contributed by atoms with Gasteiger partial charge in [0, 0.05) is 16.8 Å². The summed E-state index contributed by atoms with van der Waals surface area (Å²) in [7, 11) is 0. The Bertz CT molecular complexity index is 1090. The van der Waals surface area contributed by atoms with Crippen LogP contribution < -0.4 is 10.6 Å². The highest BCUT2D eigenvalue weighted by atomic mass is 16.2. The number of amides is 1. The van der Waals surface area contributed by atoms with Gasteiger partial charge in [-0.3, -0.25) is 10.1 Å². The molecule has 0 saturated carbocycles. The lowest BCUT2D eigenvalue weighted by Gasteiger charge is -2.11. The van der Waals surface area contributed by atoms with Crippen LogP contribution >= 0.6 is 0 Å². The van der Waals surface area contributed by atoms with E-state index < -0.39 is 0 Å². The third-order valence-electron chi connectivity index (χ3n) is 4.59. The number of carbonyl (C=O) groups is 1. The Labute approximate surface area is 175 Å². The lowest BCUT2D eigenvalue weighted by Crippen LogP contribution is -2.23. The number of rotatable bonds is 6. The molecular formula is C25H22N4O. The second kappa shape index (κ2) is 9.01. The van der Waals surface area contributed by atoms with Gasteiger partial charge in [-0.05, 0) is 30.7 Å². The molecule has 4 rings (SSSR count). The minimum Gasteiger partial charge on any atom is -0.376 e. The molecule has 0 radical (unpaired) electrons. The van der Waals surface area contributed by atoms with E-state index in [-0.39, 0.29) is 18.4 Å². The molecule has 1 heterocycles. The summed E-state index contributed by atoms with van der Waals surface area (Å²) in [5, 5.41) is 5.95. The molecule has 5 nitrogen and oxygen atoms in total. The molecule has 0 saturated heterocycles. The second-order valence-corrected chi connectivity index (χ2v) is 6.97. The third kappa shape index (κ3) is 4.89. The fourth-order valence-corrected chi connectivity index (χ4v) is 3.12. The van der Waals surface area contributed by atoms with Gasteiger partial charge in [0.15, 0.2) is 0 Å². The van der Waals surface area contributed by atoms with Gasteiger partial charge in [0.05, 0.1) is 17.9 Å². The molecule has 4 aromatic rings. The standard InChI is InChI=1S/C25H22N4O/c1-18-9-8-14-21(15-18)26-17-24(30)29-25-27-22(19-10-4-2-5-11-19)16-23(28-25)20-12-6-3-7-13-20/h2-16,26H,17H2,1H3,(H,27,28,29,30). The number of aryl methyl sites for hydroxylation is 1. The number of hydrogen-bond donors (Lipinski definition) is 2. The van der Waals surface area contributed by atoms with Gasteiger partial charge >= 0.3 is 0 Å². The summed E-state index contributed by atoms with van der Waals surface area (Å²) in [5.74, 6) is 0.0759. The van der Waals surface area contributed by atoms with Gasteiger partial charge in [0.25, 0.3) is 0 Å². The Morgan fingerprint density at radius 1 is 0.767 bits per heavy atom. The predicted octanol–water partition coefficient (Wildman–Crippen LogP) is 5.17.